The number of ether oxygens (including phenoxy) is 2. The molecule has 0 aliphatic rings. The van der Waals surface area contributed by atoms with E-state index in [9.17, 15) is 4.79 Å². The van der Waals surface area contributed by atoms with Crippen LogP contribution in [0.15, 0.2) is 72.8 Å². The highest BCUT2D eigenvalue weighted by Gasteiger charge is 2.12. The Kier molecular flexibility index (Phi) is 6.58. The molecule has 6 heteroatoms. The molecule has 1 N–H and O–H groups in total. The van der Waals surface area contributed by atoms with E-state index in [2.05, 4.69) is 5.32 Å². The Morgan fingerprint density at radius 2 is 1.48 bits per heavy atom. The molecule has 0 aromatic heterocycles. The average Bonchev–Trinajstić information content (AvgIpc) is 2.67. The number of anilines is 1. The van der Waals surface area contributed by atoms with Crippen LogP contribution in [0.1, 0.15) is 10.4 Å². The molecular weight excluding hydrogens is 385 g/mol. The standard InChI is InChI=1S/C21H17Cl2NO3/c22-15-10-11-20(18(23)14-15)27-13-12-26-19-9-5-4-8-17(19)21(25)24-16-6-2-1-3-7-16/h1-11,14H,12-13H2,(H,24,25). The van der Waals surface area contributed by atoms with Gasteiger partial charge in [0.15, 0.2) is 0 Å². The summed E-state index contributed by atoms with van der Waals surface area (Å²) < 4.78 is 11.3. The van der Waals surface area contributed by atoms with Gasteiger partial charge in [-0.3, -0.25) is 4.79 Å². The van der Waals surface area contributed by atoms with Gasteiger partial charge in [0, 0.05) is 10.7 Å². The fourth-order valence-corrected chi connectivity index (χ4v) is 2.86. The number of carbonyl (C=O) groups is 1. The largest absolute Gasteiger partial charge is 0.489 e. The lowest BCUT2D eigenvalue weighted by Gasteiger charge is -2.13. The normalized spacial score (nSPS) is 10.3. The van der Waals surface area contributed by atoms with Gasteiger partial charge < -0.3 is 14.8 Å². The van der Waals surface area contributed by atoms with Crippen LogP contribution in [-0.2, 0) is 0 Å². The molecule has 138 valence electrons. The van der Waals surface area contributed by atoms with Crippen molar-refractivity contribution in [3.63, 3.8) is 0 Å². The van der Waals surface area contributed by atoms with Gasteiger partial charge in [-0.15, -0.1) is 0 Å². The predicted molar refractivity (Wildman–Crippen MR) is 108 cm³/mol. The zero-order valence-electron chi connectivity index (χ0n) is 14.3. The van der Waals surface area contributed by atoms with Gasteiger partial charge >= 0.3 is 0 Å². The smallest absolute Gasteiger partial charge is 0.259 e. The van der Waals surface area contributed by atoms with Gasteiger partial charge in [0.1, 0.15) is 24.7 Å². The van der Waals surface area contributed by atoms with Crippen molar-refractivity contribution < 1.29 is 14.3 Å². The number of nitrogens with one attached hydrogen (secondary N) is 1. The molecule has 0 saturated carbocycles. The Hall–Kier alpha value is -2.69. The van der Waals surface area contributed by atoms with Crippen LogP contribution in [-0.4, -0.2) is 19.1 Å². The topological polar surface area (TPSA) is 47.6 Å². The fourth-order valence-electron chi connectivity index (χ4n) is 2.40. The summed E-state index contributed by atoms with van der Waals surface area (Å²) in [5.41, 5.74) is 1.17. The molecular formula is C21H17Cl2NO3. The van der Waals surface area contributed by atoms with E-state index in [1.165, 1.54) is 0 Å². The summed E-state index contributed by atoms with van der Waals surface area (Å²) in [6.07, 6.45) is 0. The first kappa shape index (κ1) is 19.1. The van der Waals surface area contributed by atoms with Gasteiger partial charge in [0.25, 0.3) is 5.91 Å². The summed E-state index contributed by atoms with van der Waals surface area (Å²) in [6.45, 7) is 0.532. The van der Waals surface area contributed by atoms with E-state index in [1.54, 1.807) is 36.4 Å². The van der Waals surface area contributed by atoms with E-state index in [1.807, 2.05) is 36.4 Å². The van der Waals surface area contributed by atoms with Gasteiger partial charge in [-0.25, -0.2) is 0 Å². The third kappa shape index (κ3) is 5.39. The zero-order valence-corrected chi connectivity index (χ0v) is 15.8. The number of para-hydroxylation sites is 2. The molecule has 3 aromatic rings. The van der Waals surface area contributed by atoms with E-state index < -0.39 is 0 Å². The molecule has 27 heavy (non-hydrogen) atoms. The highest BCUT2D eigenvalue weighted by Crippen LogP contribution is 2.27. The number of halogens is 2. The Balaban J connectivity index is 1.58. The molecule has 0 atom stereocenters. The quantitative estimate of drug-likeness (QED) is 0.516. The highest BCUT2D eigenvalue weighted by atomic mass is 35.5. The van der Waals surface area contributed by atoms with Crippen LogP contribution in [0.25, 0.3) is 0 Å². The molecule has 0 spiro atoms. The number of hydrogen-bond acceptors (Lipinski definition) is 3. The van der Waals surface area contributed by atoms with Crippen LogP contribution in [0, 0.1) is 0 Å². The number of carbonyl (C=O) groups excluding carboxylic acids is 1. The number of rotatable bonds is 7. The van der Waals surface area contributed by atoms with E-state index in [-0.39, 0.29) is 19.1 Å². The van der Waals surface area contributed by atoms with Gasteiger partial charge in [0.2, 0.25) is 0 Å². The molecule has 0 unspecified atom stereocenters. The van der Waals surface area contributed by atoms with E-state index in [0.717, 1.165) is 5.69 Å². The first-order valence-corrected chi connectivity index (χ1v) is 9.05. The zero-order chi connectivity index (χ0) is 19.1. The minimum Gasteiger partial charge on any atom is -0.489 e. The lowest BCUT2D eigenvalue weighted by atomic mass is 10.2. The first-order chi connectivity index (χ1) is 13.1. The molecule has 0 fully saturated rings. The van der Waals surface area contributed by atoms with Gasteiger partial charge in [-0.1, -0.05) is 53.5 Å². The minimum atomic E-state index is -0.238. The number of hydrogen-bond donors (Lipinski definition) is 1. The second-order valence-corrected chi connectivity index (χ2v) is 6.43. The Morgan fingerprint density at radius 1 is 0.815 bits per heavy atom. The van der Waals surface area contributed by atoms with E-state index in [4.69, 9.17) is 32.7 Å². The molecule has 0 heterocycles. The monoisotopic (exact) mass is 401 g/mol. The Bertz CT molecular complexity index is 916. The Labute approximate surface area is 167 Å². The molecule has 1 amide bonds. The second-order valence-electron chi connectivity index (χ2n) is 5.59. The summed E-state index contributed by atoms with van der Waals surface area (Å²) in [5, 5.41) is 3.83. The lowest BCUT2D eigenvalue weighted by Crippen LogP contribution is -2.15. The van der Waals surface area contributed by atoms with Crippen molar-refractivity contribution in [3.8, 4) is 11.5 Å². The second kappa shape index (κ2) is 9.31. The number of amides is 1. The lowest BCUT2D eigenvalue weighted by molar-refractivity contribution is 0.102. The maximum absolute atomic E-state index is 12.5. The maximum Gasteiger partial charge on any atom is 0.259 e. The van der Waals surface area contributed by atoms with Crippen LogP contribution in [0.2, 0.25) is 10.0 Å². The molecule has 3 aromatic carbocycles. The van der Waals surface area contributed by atoms with Gasteiger partial charge in [-0.2, -0.15) is 0 Å². The summed E-state index contributed by atoms with van der Waals surface area (Å²) in [5.74, 6) is 0.773. The molecule has 4 nitrogen and oxygen atoms in total. The van der Waals surface area contributed by atoms with Crippen molar-refractivity contribution in [2.45, 2.75) is 0 Å². The summed E-state index contributed by atoms with van der Waals surface area (Å²) in [7, 11) is 0. The van der Waals surface area contributed by atoms with Crippen molar-refractivity contribution in [1.82, 2.24) is 0 Å². The molecule has 0 aliphatic heterocycles. The highest BCUT2D eigenvalue weighted by molar-refractivity contribution is 6.35. The first-order valence-electron chi connectivity index (χ1n) is 8.29. The van der Waals surface area contributed by atoms with Crippen molar-refractivity contribution >= 4 is 34.8 Å². The molecule has 3 rings (SSSR count). The van der Waals surface area contributed by atoms with Crippen LogP contribution < -0.4 is 14.8 Å². The van der Waals surface area contributed by atoms with Crippen LogP contribution in [0.4, 0.5) is 5.69 Å². The minimum absolute atomic E-state index is 0.238. The molecule has 0 radical (unpaired) electrons. The van der Waals surface area contributed by atoms with Crippen molar-refractivity contribution in [2.75, 3.05) is 18.5 Å². The van der Waals surface area contributed by atoms with Crippen molar-refractivity contribution in [1.29, 1.82) is 0 Å². The van der Waals surface area contributed by atoms with Gasteiger partial charge in [0.05, 0.1) is 10.6 Å². The van der Waals surface area contributed by atoms with Crippen LogP contribution >= 0.6 is 23.2 Å². The predicted octanol–water partition coefficient (Wildman–Crippen LogP) is 5.70. The van der Waals surface area contributed by atoms with E-state index >= 15 is 0 Å². The van der Waals surface area contributed by atoms with Gasteiger partial charge in [-0.05, 0) is 42.5 Å². The summed E-state index contributed by atoms with van der Waals surface area (Å²) in [6, 6.07) is 21.3. The third-order valence-corrected chi connectivity index (χ3v) is 4.19. The van der Waals surface area contributed by atoms with Crippen molar-refractivity contribution in [2.24, 2.45) is 0 Å². The summed E-state index contributed by atoms with van der Waals surface area (Å²) in [4.78, 5) is 12.5. The van der Waals surface area contributed by atoms with Crippen LogP contribution in [0.3, 0.4) is 0 Å². The molecule has 0 saturated heterocycles. The average molecular weight is 402 g/mol. The third-order valence-electron chi connectivity index (χ3n) is 3.66. The Morgan fingerprint density at radius 3 is 2.22 bits per heavy atom. The molecule has 0 bridgehead atoms. The van der Waals surface area contributed by atoms with Crippen LogP contribution in [0.5, 0.6) is 11.5 Å². The van der Waals surface area contributed by atoms with Crippen molar-refractivity contribution in [3.05, 3.63) is 88.4 Å². The SMILES string of the molecule is O=C(Nc1ccccc1)c1ccccc1OCCOc1ccc(Cl)cc1Cl. The summed E-state index contributed by atoms with van der Waals surface area (Å²) >= 11 is 11.9. The maximum atomic E-state index is 12.5. The van der Waals surface area contributed by atoms with E-state index in [0.29, 0.717) is 27.1 Å². The molecule has 0 aliphatic carbocycles. The number of benzene rings is 3. The fraction of sp³-hybridized carbons (Fsp3) is 0.0952.